The summed E-state index contributed by atoms with van der Waals surface area (Å²) in [6.07, 6.45) is 0. The summed E-state index contributed by atoms with van der Waals surface area (Å²) in [6, 6.07) is 69.6. The van der Waals surface area contributed by atoms with Crippen molar-refractivity contribution in [3.8, 4) is 45.1 Å². The molecule has 4 nitrogen and oxygen atoms in total. The van der Waals surface area contributed by atoms with Gasteiger partial charge < -0.3 is 4.57 Å². The van der Waals surface area contributed by atoms with Gasteiger partial charge in [-0.05, 0) is 70.8 Å². The minimum absolute atomic E-state index is 0.671. The summed E-state index contributed by atoms with van der Waals surface area (Å²) in [6.45, 7) is 0. The van der Waals surface area contributed by atoms with E-state index in [1.807, 2.05) is 0 Å². The molecule has 0 atom stereocenters. The van der Waals surface area contributed by atoms with Gasteiger partial charge in [0.25, 0.3) is 0 Å². The first-order valence-corrected chi connectivity index (χ1v) is 20.1. The van der Waals surface area contributed by atoms with Gasteiger partial charge in [0.05, 0.1) is 38.0 Å². The molecule has 0 spiro atoms. The van der Waals surface area contributed by atoms with E-state index in [9.17, 15) is 0 Å². The highest BCUT2D eigenvalue weighted by Crippen LogP contribution is 2.41. The standard InChI is InChI=1S/C52H32N4S/c1-3-14-33(15-4-1)35-18-13-19-38(30-35)55-44-23-10-8-21-40(44)43-31-36(27-29-46(43)55)37-26-28-41-39-20-7-11-24-45(39)56(47(41)32-37)52-53-49(34-16-5-2-6-17-34)51-50(54-52)42-22-9-12-25-48(42)57-51/h1-32H. The van der Waals surface area contributed by atoms with Crippen LogP contribution < -0.4 is 0 Å². The molecule has 0 bridgehead atoms. The van der Waals surface area contributed by atoms with Crippen LogP contribution in [0.15, 0.2) is 194 Å². The number of benzene rings is 8. The second-order valence-electron chi connectivity index (χ2n) is 14.6. The van der Waals surface area contributed by atoms with Crippen molar-refractivity contribution in [2.24, 2.45) is 0 Å². The van der Waals surface area contributed by atoms with Gasteiger partial charge in [0.15, 0.2) is 0 Å². The highest BCUT2D eigenvalue weighted by Gasteiger charge is 2.21. The maximum atomic E-state index is 5.40. The summed E-state index contributed by atoms with van der Waals surface area (Å²) >= 11 is 1.76. The average molecular weight is 745 g/mol. The zero-order chi connectivity index (χ0) is 37.5. The Bertz CT molecular complexity index is 3520. The number of thiophene rings is 1. The van der Waals surface area contributed by atoms with E-state index in [-0.39, 0.29) is 0 Å². The topological polar surface area (TPSA) is 35.6 Å². The third-order valence-electron chi connectivity index (χ3n) is 11.3. The van der Waals surface area contributed by atoms with E-state index in [1.165, 1.54) is 48.4 Å². The lowest BCUT2D eigenvalue weighted by atomic mass is 10.0. The first kappa shape index (κ1) is 32.0. The van der Waals surface area contributed by atoms with Gasteiger partial charge >= 0.3 is 0 Å². The summed E-state index contributed by atoms with van der Waals surface area (Å²) in [4.78, 5) is 10.8. The highest BCUT2D eigenvalue weighted by atomic mass is 32.1. The van der Waals surface area contributed by atoms with Gasteiger partial charge in [-0.3, -0.25) is 4.57 Å². The fourth-order valence-electron chi connectivity index (χ4n) is 8.72. The number of hydrogen-bond donors (Lipinski definition) is 0. The Hall–Kier alpha value is -7.34. The zero-order valence-electron chi connectivity index (χ0n) is 30.7. The summed E-state index contributed by atoms with van der Waals surface area (Å²) in [7, 11) is 0. The smallest absolute Gasteiger partial charge is 0.235 e. The molecule has 0 fully saturated rings. The predicted molar refractivity (Wildman–Crippen MR) is 240 cm³/mol. The number of para-hydroxylation sites is 2. The van der Waals surface area contributed by atoms with Crippen molar-refractivity contribution in [2.75, 3.05) is 0 Å². The molecule has 12 aromatic rings. The zero-order valence-corrected chi connectivity index (χ0v) is 31.5. The van der Waals surface area contributed by atoms with E-state index in [0.29, 0.717) is 5.95 Å². The SMILES string of the molecule is c1ccc(-c2cccc(-n3c4ccccc4c4cc(-c5ccc6c7ccccc7n(-c7nc(-c8ccccc8)c8sc9ccccc9c8n7)c6c5)ccc43)c2)cc1. The summed E-state index contributed by atoms with van der Waals surface area (Å²) in [5, 5.41) is 5.95. The van der Waals surface area contributed by atoms with E-state index in [2.05, 4.69) is 203 Å². The Balaban J connectivity index is 1.07. The summed E-state index contributed by atoms with van der Waals surface area (Å²) < 4.78 is 6.97. The first-order valence-electron chi connectivity index (χ1n) is 19.2. The van der Waals surface area contributed by atoms with Gasteiger partial charge in [-0.25, -0.2) is 9.97 Å². The maximum Gasteiger partial charge on any atom is 0.235 e. The summed E-state index contributed by atoms with van der Waals surface area (Å²) in [5.41, 5.74) is 13.4. The second-order valence-corrected chi connectivity index (χ2v) is 15.7. The lowest BCUT2D eigenvalue weighted by Gasteiger charge is -2.11. The lowest BCUT2D eigenvalue weighted by molar-refractivity contribution is 1.02. The van der Waals surface area contributed by atoms with E-state index in [0.717, 1.165) is 54.7 Å². The number of fused-ring (bicyclic) bond motifs is 9. The number of aromatic nitrogens is 4. The minimum atomic E-state index is 0.671. The van der Waals surface area contributed by atoms with Crippen LogP contribution in [0, 0.1) is 0 Å². The van der Waals surface area contributed by atoms with Gasteiger partial charge in [0.1, 0.15) is 0 Å². The molecule has 0 amide bonds. The molecule has 57 heavy (non-hydrogen) atoms. The molecule has 0 aliphatic heterocycles. The van der Waals surface area contributed by atoms with Crippen LogP contribution >= 0.6 is 11.3 Å². The van der Waals surface area contributed by atoms with Crippen molar-refractivity contribution in [2.45, 2.75) is 0 Å². The molecule has 0 unspecified atom stereocenters. The van der Waals surface area contributed by atoms with E-state index >= 15 is 0 Å². The molecular weight excluding hydrogens is 713 g/mol. The maximum absolute atomic E-state index is 5.40. The molecule has 0 aliphatic carbocycles. The molecule has 12 rings (SSSR count). The van der Waals surface area contributed by atoms with Crippen LogP contribution in [0.1, 0.15) is 0 Å². The van der Waals surface area contributed by atoms with Crippen LogP contribution in [-0.2, 0) is 0 Å². The molecule has 0 saturated carbocycles. The molecule has 266 valence electrons. The largest absolute Gasteiger partial charge is 0.309 e. The van der Waals surface area contributed by atoms with Crippen molar-refractivity contribution in [3.63, 3.8) is 0 Å². The molecule has 4 aromatic heterocycles. The molecule has 0 aliphatic rings. The first-order chi connectivity index (χ1) is 28.3. The normalized spacial score (nSPS) is 11.9. The quantitative estimate of drug-likeness (QED) is 0.176. The predicted octanol–water partition coefficient (Wildman–Crippen LogP) is 14.0. The third-order valence-corrected chi connectivity index (χ3v) is 12.5. The fraction of sp³-hybridized carbons (Fsp3) is 0. The van der Waals surface area contributed by atoms with Crippen LogP contribution in [0.3, 0.4) is 0 Å². The Morgan fingerprint density at radius 3 is 1.74 bits per heavy atom. The van der Waals surface area contributed by atoms with Crippen molar-refractivity contribution in [1.82, 2.24) is 19.1 Å². The van der Waals surface area contributed by atoms with Crippen LogP contribution in [0.5, 0.6) is 0 Å². The fourth-order valence-corrected chi connectivity index (χ4v) is 9.88. The number of rotatable bonds is 5. The highest BCUT2D eigenvalue weighted by molar-refractivity contribution is 7.26. The van der Waals surface area contributed by atoms with Crippen molar-refractivity contribution >= 4 is 75.3 Å². The van der Waals surface area contributed by atoms with Crippen molar-refractivity contribution < 1.29 is 0 Å². The molecule has 0 N–H and O–H groups in total. The third kappa shape index (κ3) is 4.99. The molecule has 4 heterocycles. The Kier molecular flexibility index (Phi) is 7.06. The Morgan fingerprint density at radius 1 is 0.351 bits per heavy atom. The monoisotopic (exact) mass is 744 g/mol. The van der Waals surface area contributed by atoms with Gasteiger partial charge in [0.2, 0.25) is 5.95 Å². The van der Waals surface area contributed by atoms with E-state index < -0.39 is 0 Å². The minimum Gasteiger partial charge on any atom is -0.309 e. The molecule has 5 heteroatoms. The number of hydrogen-bond acceptors (Lipinski definition) is 3. The van der Waals surface area contributed by atoms with Gasteiger partial charge in [-0.1, -0.05) is 146 Å². The molecule has 0 saturated heterocycles. The van der Waals surface area contributed by atoms with Crippen LogP contribution in [0.4, 0.5) is 0 Å². The Labute approximate surface area is 332 Å². The van der Waals surface area contributed by atoms with Crippen molar-refractivity contribution in [3.05, 3.63) is 194 Å². The van der Waals surface area contributed by atoms with Crippen LogP contribution in [0.25, 0.3) is 109 Å². The van der Waals surface area contributed by atoms with Crippen LogP contribution in [0.2, 0.25) is 0 Å². The van der Waals surface area contributed by atoms with Gasteiger partial charge in [-0.2, -0.15) is 0 Å². The molecule has 8 aromatic carbocycles. The van der Waals surface area contributed by atoms with Gasteiger partial charge in [0, 0.05) is 42.9 Å². The van der Waals surface area contributed by atoms with Gasteiger partial charge in [-0.15, -0.1) is 11.3 Å². The number of nitrogens with zero attached hydrogens (tertiary/aromatic N) is 4. The van der Waals surface area contributed by atoms with Crippen molar-refractivity contribution in [1.29, 1.82) is 0 Å². The van der Waals surface area contributed by atoms with E-state index in [1.54, 1.807) is 11.3 Å². The average Bonchev–Trinajstić information content (AvgIpc) is 3.94. The van der Waals surface area contributed by atoms with E-state index in [4.69, 9.17) is 9.97 Å². The second kappa shape index (κ2) is 12.6. The van der Waals surface area contributed by atoms with Crippen LogP contribution in [-0.4, -0.2) is 19.1 Å². The Morgan fingerprint density at radius 2 is 0.930 bits per heavy atom. The summed E-state index contributed by atoms with van der Waals surface area (Å²) in [5.74, 6) is 0.671. The molecular formula is C52H32N4S. The molecule has 0 radical (unpaired) electrons. The lowest BCUT2D eigenvalue weighted by Crippen LogP contribution is -2.02.